The van der Waals surface area contributed by atoms with Crippen molar-refractivity contribution in [3.05, 3.63) is 0 Å². The summed E-state index contributed by atoms with van der Waals surface area (Å²) in [6.07, 6.45) is 1.38. The van der Waals surface area contributed by atoms with Crippen molar-refractivity contribution in [2.75, 3.05) is 152 Å². The van der Waals surface area contributed by atoms with Gasteiger partial charge in [-0.1, -0.05) is 20.3 Å². The number of carbonyl (C=O) groups excluding carboxylic acids is 1. The van der Waals surface area contributed by atoms with Crippen LogP contribution in [-0.2, 0) is 61.6 Å². The van der Waals surface area contributed by atoms with Crippen molar-refractivity contribution in [2.24, 2.45) is 5.92 Å². The maximum Gasteiger partial charge on any atom is 0.307 e. The lowest BCUT2D eigenvalue weighted by Crippen LogP contribution is -2.15. The molecule has 0 radical (unpaired) electrons. The van der Waals surface area contributed by atoms with E-state index >= 15 is 0 Å². The number of methoxy groups -OCH3 is 1. The summed E-state index contributed by atoms with van der Waals surface area (Å²) < 4.78 is 64.3. The first-order valence-corrected chi connectivity index (χ1v) is 15.1. The molecule has 0 amide bonds. The van der Waals surface area contributed by atoms with Crippen molar-refractivity contribution < 1.29 is 61.6 Å². The first-order valence-electron chi connectivity index (χ1n) is 15.1. The second-order valence-electron chi connectivity index (χ2n) is 9.04. The van der Waals surface area contributed by atoms with Crippen molar-refractivity contribution in [3.63, 3.8) is 0 Å². The molecule has 0 rings (SSSR count). The van der Waals surface area contributed by atoms with Gasteiger partial charge in [-0.3, -0.25) is 4.79 Å². The zero-order chi connectivity index (χ0) is 30.6. The topological polar surface area (TPSA) is 128 Å². The molecule has 0 saturated heterocycles. The van der Waals surface area contributed by atoms with Gasteiger partial charge < -0.3 is 56.8 Å². The van der Waals surface area contributed by atoms with Crippen LogP contribution in [0, 0.1) is 5.92 Å². The number of carbonyl (C=O) groups is 1. The maximum atomic E-state index is 10.9. The van der Waals surface area contributed by atoms with Gasteiger partial charge in [0.15, 0.2) is 0 Å². The highest BCUT2D eigenvalue weighted by molar-refractivity contribution is 5.69. The summed E-state index contributed by atoms with van der Waals surface area (Å²) in [4.78, 5) is 10.9. The zero-order valence-electron chi connectivity index (χ0n) is 26.4. The van der Waals surface area contributed by atoms with Gasteiger partial charge in [-0.2, -0.15) is 0 Å². The molecule has 0 spiro atoms. The van der Waals surface area contributed by atoms with E-state index in [1.807, 2.05) is 0 Å². The lowest BCUT2D eigenvalue weighted by atomic mass is 10.1. The summed E-state index contributed by atoms with van der Waals surface area (Å²) in [6, 6.07) is 0. The highest BCUT2D eigenvalue weighted by atomic mass is 16.6. The Kier molecular flexibility index (Phi) is 35.4. The van der Waals surface area contributed by atoms with Gasteiger partial charge >= 0.3 is 5.97 Å². The highest BCUT2D eigenvalue weighted by Crippen LogP contribution is 2.00. The predicted molar refractivity (Wildman–Crippen MR) is 155 cm³/mol. The quantitative estimate of drug-likeness (QED) is 0.0752. The van der Waals surface area contributed by atoms with Crippen LogP contribution in [0.1, 0.15) is 26.7 Å². The molecule has 13 heteroatoms. The molecule has 0 bridgehead atoms. The van der Waals surface area contributed by atoms with Crippen LogP contribution in [0.4, 0.5) is 0 Å². The SMILES string of the molecule is CCC(C)COCCOCCOCCOCCOCCOCCOCCOCCOCCOCCOCCC(=O)OC. The molecular weight excluding hydrogens is 556 g/mol. The lowest BCUT2D eigenvalue weighted by Gasteiger charge is -2.10. The number of esters is 1. The van der Waals surface area contributed by atoms with E-state index in [-0.39, 0.29) is 12.4 Å². The second-order valence-corrected chi connectivity index (χ2v) is 9.04. The van der Waals surface area contributed by atoms with Crippen LogP contribution in [0.15, 0.2) is 0 Å². The van der Waals surface area contributed by atoms with Gasteiger partial charge in [0.2, 0.25) is 0 Å². The summed E-state index contributed by atoms with van der Waals surface area (Å²) in [6.45, 7) is 15.7. The molecule has 0 saturated carbocycles. The largest absolute Gasteiger partial charge is 0.469 e. The number of rotatable bonds is 36. The van der Waals surface area contributed by atoms with E-state index in [1.54, 1.807) is 0 Å². The first kappa shape index (κ1) is 41.0. The van der Waals surface area contributed by atoms with Gasteiger partial charge in [0, 0.05) is 6.61 Å². The maximum absolute atomic E-state index is 10.9. The van der Waals surface area contributed by atoms with Crippen molar-refractivity contribution in [1.29, 1.82) is 0 Å². The normalized spacial score (nSPS) is 12.2. The predicted octanol–water partition coefficient (Wildman–Crippen LogP) is 1.78. The minimum Gasteiger partial charge on any atom is -0.469 e. The molecule has 0 aromatic rings. The zero-order valence-corrected chi connectivity index (χ0v) is 26.4. The summed E-state index contributed by atoms with van der Waals surface area (Å²) in [5, 5.41) is 0. The van der Waals surface area contributed by atoms with Crippen LogP contribution < -0.4 is 0 Å². The third-order valence-corrected chi connectivity index (χ3v) is 5.50. The molecule has 0 aliphatic carbocycles. The fraction of sp³-hybridized carbons (Fsp3) is 0.966. The molecule has 0 aliphatic rings. The van der Waals surface area contributed by atoms with Gasteiger partial charge in [0.1, 0.15) is 0 Å². The minimum absolute atomic E-state index is 0.247. The summed E-state index contributed by atoms with van der Waals surface area (Å²) in [7, 11) is 1.35. The Morgan fingerprint density at radius 2 is 0.667 bits per heavy atom. The first-order chi connectivity index (χ1) is 20.7. The van der Waals surface area contributed by atoms with Crippen molar-refractivity contribution in [2.45, 2.75) is 26.7 Å². The second kappa shape index (κ2) is 36.2. The third-order valence-electron chi connectivity index (χ3n) is 5.50. The Bertz CT molecular complexity index is 528. The molecule has 1 unspecified atom stereocenters. The molecule has 0 heterocycles. The monoisotopic (exact) mass is 614 g/mol. The smallest absolute Gasteiger partial charge is 0.307 e. The molecular formula is C29H58O13. The number of hydrogen-bond acceptors (Lipinski definition) is 13. The summed E-state index contributed by atoms with van der Waals surface area (Å²) in [5.74, 6) is 0.311. The molecule has 0 fully saturated rings. The van der Waals surface area contributed by atoms with E-state index in [0.29, 0.717) is 145 Å². The average Bonchev–Trinajstić information content (AvgIpc) is 3.00. The molecule has 42 heavy (non-hydrogen) atoms. The van der Waals surface area contributed by atoms with Crippen LogP contribution in [0.3, 0.4) is 0 Å². The molecule has 0 aromatic carbocycles. The van der Waals surface area contributed by atoms with Crippen molar-refractivity contribution in [3.8, 4) is 0 Å². The molecule has 13 nitrogen and oxygen atoms in total. The Balaban J connectivity index is 3.06. The van der Waals surface area contributed by atoms with E-state index in [2.05, 4.69) is 18.6 Å². The lowest BCUT2D eigenvalue weighted by molar-refractivity contribution is -0.141. The van der Waals surface area contributed by atoms with Gasteiger partial charge in [-0.05, 0) is 5.92 Å². The molecule has 0 aliphatic heterocycles. The fourth-order valence-electron chi connectivity index (χ4n) is 2.86. The molecule has 1 atom stereocenters. The van der Waals surface area contributed by atoms with Gasteiger partial charge in [0.05, 0.1) is 152 Å². The highest BCUT2D eigenvalue weighted by Gasteiger charge is 2.00. The van der Waals surface area contributed by atoms with E-state index in [9.17, 15) is 4.79 Å². The van der Waals surface area contributed by atoms with Crippen LogP contribution in [-0.4, -0.2) is 158 Å². The molecule has 0 N–H and O–H groups in total. The van der Waals surface area contributed by atoms with Crippen LogP contribution in [0.5, 0.6) is 0 Å². The van der Waals surface area contributed by atoms with Gasteiger partial charge in [0.25, 0.3) is 0 Å². The van der Waals surface area contributed by atoms with Crippen LogP contribution >= 0.6 is 0 Å². The van der Waals surface area contributed by atoms with Gasteiger partial charge in [-0.15, -0.1) is 0 Å². The Hall–Kier alpha value is -0.970. The number of hydrogen-bond donors (Lipinski definition) is 0. The van der Waals surface area contributed by atoms with E-state index in [4.69, 9.17) is 52.1 Å². The standard InChI is InChI=1S/C29H58O13/c1-4-28(2)27-42-26-25-41-24-23-40-22-21-39-20-19-38-18-17-37-16-15-36-14-13-35-12-11-34-10-9-33-8-7-32-6-5-29(30)31-3/h28H,4-27H2,1-3H3. The Morgan fingerprint density at radius 3 is 0.905 bits per heavy atom. The van der Waals surface area contributed by atoms with E-state index in [0.717, 1.165) is 13.0 Å². The third kappa shape index (κ3) is 35.2. The molecule has 252 valence electrons. The van der Waals surface area contributed by atoms with Crippen LogP contribution in [0.2, 0.25) is 0 Å². The number of ether oxygens (including phenoxy) is 12. The van der Waals surface area contributed by atoms with E-state index < -0.39 is 0 Å². The summed E-state index contributed by atoms with van der Waals surface area (Å²) >= 11 is 0. The van der Waals surface area contributed by atoms with Crippen molar-refractivity contribution in [1.82, 2.24) is 0 Å². The fourth-order valence-corrected chi connectivity index (χ4v) is 2.86. The van der Waals surface area contributed by atoms with Crippen molar-refractivity contribution >= 4 is 5.97 Å². The Morgan fingerprint density at radius 1 is 0.429 bits per heavy atom. The van der Waals surface area contributed by atoms with Crippen LogP contribution in [0.25, 0.3) is 0 Å². The molecule has 0 aromatic heterocycles. The minimum atomic E-state index is -0.284. The average molecular weight is 615 g/mol. The van der Waals surface area contributed by atoms with Gasteiger partial charge in [-0.25, -0.2) is 0 Å². The Labute approximate surface area is 252 Å². The van der Waals surface area contributed by atoms with E-state index in [1.165, 1.54) is 7.11 Å². The summed E-state index contributed by atoms with van der Waals surface area (Å²) in [5.41, 5.74) is 0.